The van der Waals surface area contributed by atoms with Crippen molar-refractivity contribution >= 4 is 23.8 Å². The summed E-state index contributed by atoms with van der Waals surface area (Å²) in [7, 11) is 1.58. The Bertz CT molecular complexity index is 1040. The van der Waals surface area contributed by atoms with Crippen LogP contribution in [-0.4, -0.2) is 45.8 Å². The number of H-pyrrole nitrogens is 1. The Balaban J connectivity index is 1.70. The monoisotopic (exact) mass is 425 g/mol. The average molecular weight is 426 g/mol. The number of hydrogen-bond donors (Lipinski definition) is 2. The molecule has 0 saturated carbocycles. The minimum atomic E-state index is -0.113. The predicted molar refractivity (Wildman–Crippen MR) is 121 cm³/mol. The number of methoxy groups -OCH3 is 1. The van der Waals surface area contributed by atoms with Gasteiger partial charge in [-0.1, -0.05) is 48.9 Å². The third kappa shape index (κ3) is 5.55. The fourth-order valence-corrected chi connectivity index (χ4v) is 3.34. The summed E-state index contributed by atoms with van der Waals surface area (Å²) in [6.07, 6.45) is 0.911. The molecule has 2 aromatic carbocycles. The third-order valence-corrected chi connectivity index (χ3v) is 4.95. The number of anilines is 1. The van der Waals surface area contributed by atoms with E-state index in [4.69, 9.17) is 17.0 Å². The lowest BCUT2D eigenvalue weighted by Gasteiger charge is -2.21. The average Bonchev–Trinajstić information content (AvgIpc) is 3.09. The molecule has 0 aliphatic rings. The van der Waals surface area contributed by atoms with Gasteiger partial charge in [-0.05, 0) is 37.7 Å². The van der Waals surface area contributed by atoms with Gasteiger partial charge in [-0.3, -0.25) is 14.8 Å². The van der Waals surface area contributed by atoms with Crippen LogP contribution in [-0.2, 0) is 11.5 Å². The maximum atomic E-state index is 12.6. The lowest BCUT2D eigenvalue weighted by Crippen LogP contribution is -2.35. The van der Waals surface area contributed by atoms with E-state index < -0.39 is 0 Å². The maximum absolute atomic E-state index is 12.6. The Labute approximate surface area is 181 Å². The second-order valence-corrected chi connectivity index (χ2v) is 7.46. The lowest BCUT2D eigenvalue weighted by atomic mass is 10.1. The Morgan fingerprint density at radius 2 is 1.97 bits per heavy atom. The van der Waals surface area contributed by atoms with Gasteiger partial charge in [-0.25, -0.2) is 4.68 Å². The number of aryl methyl sites for hydroxylation is 1. The number of para-hydroxylation sites is 2. The summed E-state index contributed by atoms with van der Waals surface area (Å²) in [6, 6.07) is 15.5. The molecule has 1 heterocycles. The van der Waals surface area contributed by atoms with Crippen LogP contribution in [0.1, 0.15) is 18.9 Å². The van der Waals surface area contributed by atoms with Gasteiger partial charge in [0.05, 0.1) is 26.0 Å². The van der Waals surface area contributed by atoms with Crippen molar-refractivity contribution in [3.8, 4) is 17.1 Å². The highest BCUT2D eigenvalue weighted by Crippen LogP contribution is 2.23. The van der Waals surface area contributed by atoms with E-state index in [0.717, 1.165) is 24.4 Å². The fraction of sp³-hybridized carbons (Fsp3) is 0.318. The summed E-state index contributed by atoms with van der Waals surface area (Å²) in [5, 5.41) is 6.18. The molecule has 0 saturated heterocycles. The molecule has 1 aromatic heterocycles. The summed E-state index contributed by atoms with van der Waals surface area (Å²) in [4.78, 5) is 19.1. The Hall–Kier alpha value is -2.97. The smallest absolute Gasteiger partial charge is 0.238 e. The molecule has 0 aliphatic heterocycles. The molecule has 0 aliphatic carbocycles. The number of ether oxygens (including phenoxy) is 1. The molecule has 0 spiro atoms. The summed E-state index contributed by atoms with van der Waals surface area (Å²) < 4.78 is 7.55. The van der Waals surface area contributed by atoms with E-state index in [1.807, 2.05) is 60.4 Å². The molecule has 7 nitrogen and oxygen atoms in total. The quantitative estimate of drug-likeness (QED) is 0.502. The first-order chi connectivity index (χ1) is 14.5. The van der Waals surface area contributed by atoms with Crippen molar-refractivity contribution in [2.75, 3.05) is 25.5 Å². The van der Waals surface area contributed by atoms with Crippen LogP contribution in [0.5, 0.6) is 5.75 Å². The number of rotatable bonds is 9. The minimum Gasteiger partial charge on any atom is -0.495 e. The van der Waals surface area contributed by atoms with Crippen molar-refractivity contribution in [2.45, 2.75) is 26.9 Å². The first-order valence-electron chi connectivity index (χ1n) is 9.89. The largest absolute Gasteiger partial charge is 0.495 e. The fourth-order valence-electron chi connectivity index (χ4n) is 3.15. The van der Waals surface area contributed by atoms with Gasteiger partial charge in [0.1, 0.15) is 5.75 Å². The minimum absolute atomic E-state index is 0.113. The predicted octanol–water partition coefficient (Wildman–Crippen LogP) is 4.23. The lowest BCUT2D eigenvalue weighted by molar-refractivity contribution is -0.117. The van der Waals surface area contributed by atoms with Gasteiger partial charge in [0.2, 0.25) is 10.7 Å². The highest BCUT2D eigenvalue weighted by Gasteiger charge is 2.14. The molecule has 0 radical (unpaired) electrons. The number of aromatic nitrogens is 3. The molecule has 2 N–H and O–H groups in total. The van der Waals surface area contributed by atoms with Gasteiger partial charge in [0.25, 0.3) is 0 Å². The molecule has 0 atom stereocenters. The first kappa shape index (κ1) is 21.7. The summed E-state index contributed by atoms with van der Waals surface area (Å²) in [6.45, 7) is 5.55. The van der Waals surface area contributed by atoms with Crippen molar-refractivity contribution < 1.29 is 9.53 Å². The number of nitrogens with zero attached hydrogens (tertiary/aromatic N) is 3. The number of carbonyl (C=O) groups is 1. The number of aromatic amines is 1. The van der Waals surface area contributed by atoms with Crippen LogP contribution in [0.4, 0.5) is 5.69 Å². The van der Waals surface area contributed by atoms with E-state index in [-0.39, 0.29) is 12.5 Å². The zero-order valence-electron chi connectivity index (χ0n) is 17.5. The van der Waals surface area contributed by atoms with Gasteiger partial charge in [0, 0.05) is 12.1 Å². The van der Waals surface area contributed by atoms with Gasteiger partial charge < -0.3 is 10.1 Å². The van der Waals surface area contributed by atoms with Crippen LogP contribution in [0, 0.1) is 11.7 Å². The highest BCUT2D eigenvalue weighted by molar-refractivity contribution is 7.71. The Morgan fingerprint density at radius 3 is 2.67 bits per heavy atom. The maximum Gasteiger partial charge on any atom is 0.238 e. The van der Waals surface area contributed by atoms with Crippen molar-refractivity contribution in [3.63, 3.8) is 0 Å². The van der Waals surface area contributed by atoms with Gasteiger partial charge >= 0.3 is 0 Å². The molecule has 1 amide bonds. The second-order valence-electron chi connectivity index (χ2n) is 7.09. The van der Waals surface area contributed by atoms with Crippen LogP contribution in [0.2, 0.25) is 0 Å². The summed E-state index contributed by atoms with van der Waals surface area (Å²) in [5.41, 5.74) is 2.81. The standard InChI is InChI=1S/C22H27N5O2S/c1-4-13-26(14-20(28)23-18-7-5-6-8-19(18)29-3)15-27-22(30)24-21(25-27)17-11-9-16(2)10-12-17/h5-12H,4,13-15H2,1-3H3,(H,23,28)(H,24,25,30). The number of carbonyl (C=O) groups excluding carboxylic acids is 1. The highest BCUT2D eigenvalue weighted by atomic mass is 32.1. The third-order valence-electron chi connectivity index (χ3n) is 4.63. The van der Waals surface area contributed by atoms with Crippen LogP contribution >= 0.6 is 12.2 Å². The molecular weight excluding hydrogens is 398 g/mol. The van der Waals surface area contributed by atoms with Crippen molar-refractivity contribution in [1.29, 1.82) is 0 Å². The van der Waals surface area contributed by atoms with Crippen LogP contribution in [0.3, 0.4) is 0 Å². The summed E-state index contributed by atoms with van der Waals surface area (Å²) >= 11 is 5.43. The van der Waals surface area contributed by atoms with Crippen molar-refractivity contribution in [2.24, 2.45) is 0 Å². The zero-order valence-corrected chi connectivity index (χ0v) is 18.3. The Morgan fingerprint density at radius 1 is 1.23 bits per heavy atom. The van der Waals surface area contributed by atoms with Gasteiger partial charge in [-0.15, -0.1) is 0 Å². The topological polar surface area (TPSA) is 75.2 Å². The van der Waals surface area contributed by atoms with E-state index in [1.54, 1.807) is 11.8 Å². The molecule has 8 heteroatoms. The second kappa shape index (κ2) is 10.2. The number of hydrogen-bond acceptors (Lipinski definition) is 5. The molecule has 3 rings (SSSR count). The van der Waals surface area contributed by atoms with Crippen LogP contribution in [0.15, 0.2) is 48.5 Å². The van der Waals surface area contributed by atoms with Crippen LogP contribution < -0.4 is 10.1 Å². The normalized spacial score (nSPS) is 10.9. The molecule has 158 valence electrons. The first-order valence-corrected chi connectivity index (χ1v) is 10.3. The van der Waals surface area contributed by atoms with E-state index in [9.17, 15) is 4.79 Å². The van der Waals surface area contributed by atoms with E-state index >= 15 is 0 Å². The molecular formula is C22H27N5O2S. The van der Waals surface area contributed by atoms with Gasteiger partial charge in [0.15, 0.2) is 5.82 Å². The number of benzene rings is 2. The molecule has 0 fully saturated rings. The summed E-state index contributed by atoms with van der Waals surface area (Å²) in [5.74, 6) is 1.24. The van der Waals surface area contributed by atoms with Crippen LogP contribution in [0.25, 0.3) is 11.4 Å². The van der Waals surface area contributed by atoms with Crippen molar-refractivity contribution in [1.82, 2.24) is 19.7 Å². The number of amides is 1. The molecule has 30 heavy (non-hydrogen) atoms. The van der Waals surface area contributed by atoms with E-state index in [1.165, 1.54) is 5.56 Å². The molecule has 0 bridgehead atoms. The Kier molecular flexibility index (Phi) is 7.37. The van der Waals surface area contributed by atoms with Gasteiger partial charge in [-0.2, -0.15) is 4.98 Å². The molecule has 3 aromatic rings. The molecule has 0 unspecified atom stereocenters. The SMILES string of the molecule is CCCN(CC(=O)Nc1ccccc1OC)Cn1[nH]c(-c2ccc(C)cc2)nc1=S. The van der Waals surface area contributed by atoms with Crippen molar-refractivity contribution in [3.05, 3.63) is 58.9 Å². The van der Waals surface area contributed by atoms with E-state index in [0.29, 0.717) is 22.9 Å². The number of nitrogens with one attached hydrogen (secondary N) is 2. The zero-order chi connectivity index (χ0) is 21.5. The van der Waals surface area contributed by atoms with E-state index in [2.05, 4.69) is 22.3 Å².